The van der Waals surface area contributed by atoms with E-state index in [9.17, 15) is 0 Å². The predicted octanol–water partition coefficient (Wildman–Crippen LogP) is 11.0. The summed E-state index contributed by atoms with van der Waals surface area (Å²) in [4.78, 5) is 0. The van der Waals surface area contributed by atoms with Crippen molar-refractivity contribution in [2.75, 3.05) is 0 Å². The number of benzene rings is 4. The highest BCUT2D eigenvalue weighted by Crippen LogP contribution is 2.67. The third-order valence-electron chi connectivity index (χ3n) is 14.4. The lowest BCUT2D eigenvalue weighted by Crippen LogP contribution is -2.40. The standard InChI is InChI=1S/C40H38O2/c1-2-24-11-23-13-30(24)39(9-1,19-23)27-14-25-5-7-32-37-35(25)33(16-27)41-31-8-6-26-15-28(17-34(42-32)36(26)38(31)37)40-18-22-4-3-21(10-22)12-29(40)20-40/h5-8,14-17,21-24,29-30H,1-4,9-13,18-20H2. The second-order valence-corrected chi connectivity index (χ2v) is 16.2. The van der Waals surface area contributed by atoms with Crippen molar-refractivity contribution >= 4 is 43.9 Å². The van der Waals surface area contributed by atoms with E-state index in [1.54, 1.807) is 11.1 Å². The van der Waals surface area contributed by atoms with E-state index in [1.165, 1.54) is 110 Å². The highest BCUT2D eigenvalue weighted by molar-refractivity contribution is 6.23. The average Bonchev–Trinajstić information content (AvgIpc) is 3.30. The molecule has 2 nitrogen and oxygen atoms in total. The van der Waals surface area contributed by atoms with Gasteiger partial charge >= 0.3 is 0 Å². The minimum absolute atomic E-state index is 0.372. The number of hydrogen-bond donors (Lipinski definition) is 0. The van der Waals surface area contributed by atoms with Crippen LogP contribution in [-0.4, -0.2) is 0 Å². The summed E-state index contributed by atoms with van der Waals surface area (Å²) in [5.41, 5.74) is 10.5. The zero-order valence-corrected chi connectivity index (χ0v) is 24.4. The first-order chi connectivity index (χ1) is 20.6. The molecule has 6 saturated carbocycles. The summed E-state index contributed by atoms with van der Waals surface area (Å²) in [5, 5.41) is 5.19. The second kappa shape index (κ2) is 7.20. The average molecular weight is 551 g/mol. The molecule has 0 radical (unpaired) electrons. The molecule has 0 N–H and O–H groups in total. The van der Waals surface area contributed by atoms with Gasteiger partial charge in [-0.05, 0) is 144 Å². The molecule has 8 unspecified atom stereocenters. The Kier molecular flexibility index (Phi) is 3.86. The Morgan fingerprint density at radius 1 is 0.571 bits per heavy atom. The van der Waals surface area contributed by atoms with Gasteiger partial charge in [0.2, 0.25) is 0 Å². The summed E-state index contributed by atoms with van der Waals surface area (Å²) >= 11 is 0. The van der Waals surface area contributed by atoms with Gasteiger partial charge in [-0.25, -0.2) is 0 Å². The van der Waals surface area contributed by atoms with Crippen molar-refractivity contribution in [1.29, 1.82) is 0 Å². The van der Waals surface area contributed by atoms with Crippen molar-refractivity contribution in [2.45, 2.75) is 87.9 Å². The molecule has 0 saturated heterocycles. The molecule has 8 aliphatic rings. The minimum atomic E-state index is 0.372. The first-order valence-corrected chi connectivity index (χ1v) is 17.2. The second-order valence-electron chi connectivity index (χ2n) is 16.2. The maximum Gasteiger partial charge on any atom is 0.136 e. The fourth-order valence-corrected chi connectivity index (χ4v) is 12.9. The highest BCUT2D eigenvalue weighted by atomic mass is 16.3. The van der Waals surface area contributed by atoms with Crippen LogP contribution in [0.5, 0.6) is 0 Å². The van der Waals surface area contributed by atoms with Crippen molar-refractivity contribution in [2.24, 2.45) is 35.5 Å². The van der Waals surface area contributed by atoms with Crippen LogP contribution >= 0.6 is 0 Å². The molecule has 4 aromatic rings. The van der Waals surface area contributed by atoms with Crippen LogP contribution in [0.2, 0.25) is 0 Å². The first kappa shape index (κ1) is 22.5. The first-order valence-electron chi connectivity index (χ1n) is 17.2. The molecular weight excluding hydrogens is 512 g/mol. The van der Waals surface area contributed by atoms with E-state index in [-0.39, 0.29) is 0 Å². The molecule has 6 fully saturated rings. The molecule has 4 bridgehead atoms. The van der Waals surface area contributed by atoms with Crippen LogP contribution in [0.3, 0.4) is 0 Å². The summed E-state index contributed by atoms with van der Waals surface area (Å²) < 4.78 is 13.8. The van der Waals surface area contributed by atoms with E-state index in [0.717, 1.165) is 57.8 Å². The molecule has 6 aliphatic carbocycles. The molecule has 0 spiro atoms. The van der Waals surface area contributed by atoms with Crippen molar-refractivity contribution in [1.82, 2.24) is 0 Å². The topological polar surface area (TPSA) is 26.3 Å². The van der Waals surface area contributed by atoms with E-state index in [2.05, 4.69) is 48.5 Å². The predicted molar refractivity (Wildman–Crippen MR) is 169 cm³/mol. The van der Waals surface area contributed by atoms with Gasteiger partial charge in [-0.15, -0.1) is 0 Å². The van der Waals surface area contributed by atoms with E-state index >= 15 is 0 Å². The Bertz CT molecular complexity index is 2070. The van der Waals surface area contributed by atoms with Gasteiger partial charge in [-0.2, -0.15) is 0 Å². The van der Waals surface area contributed by atoms with E-state index in [4.69, 9.17) is 8.83 Å². The van der Waals surface area contributed by atoms with E-state index in [0.29, 0.717) is 10.8 Å². The summed E-state index contributed by atoms with van der Waals surface area (Å²) in [6.07, 6.45) is 17.2. The van der Waals surface area contributed by atoms with Crippen LogP contribution < -0.4 is 0 Å². The lowest BCUT2D eigenvalue weighted by Gasteiger charge is -2.46. The fraction of sp³-hybridized carbons (Fsp3) is 0.500. The zero-order valence-electron chi connectivity index (χ0n) is 24.4. The molecule has 0 aromatic heterocycles. The van der Waals surface area contributed by atoms with Crippen LogP contribution in [0.1, 0.15) is 88.2 Å². The van der Waals surface area contributed by atoms with Gasteiger partial charge < -0.3 is 8.83 Å². The molecule has 12 rings (SSSR count). The van der Waals surface area contributed by atoms with Gasteiger partial charge in [0.1, 0.15) is 22.3 Å². The highest BCUT2D eigenvalue weighted by Gasteiger charge is 2.59. The Hall–Kier alpha value is -3.00. The molecule has 0 amide bonds. The Balaban J connectivity index is 1.08. The Morgan fingerprint density at radius 3 is 2.00 bits per heavy atom. The smallest absolute Gasteiger partial charge is 0.136 e. The number of fused-ring (bicyclic) bond motifs is 4. The van der Waals surface area contributed by atoms with Crippen molar-refractivity contribution in [3.05, 3.63) is 59.7 Å². The summed E-state index contributed by atoms with van der Waals surface area (Å²) in [6, 6.07) is 19.2. The van der Waals surface area contributed by atoms with Gasteiger partial charge in [0.15, 0.2) is 0 Å². The molecule has 4 aromatic carbocycles. The third-order valence-corrected chi connectivity index (χ3v) is 14.4. The SMILES string of the molecule is c1cc2cc(C34CC5CCC(C5)CC3C4)cc3oc4ccc5cc(C67CCCC8CC(CC86)C7)cc6oc1c(c23)-c4c56. The van der Waals surface area contributed by atoms with Crippen LogP contribution in [0.25, 0.3) is 55.0 Å². The number of hydrogen-bond acceptors (Lipinski definition) is 2. The molecule has 42 heavy (non-hydrogen) atoms. The molecule has 2 heteroatoms. The molecule has 2 aliphatic heterocycles. The summed E-state index contributed by atoms with van der Waals surface area (Å²) in [5.74, 6) is 5.58. The molecular formula is C40H38O2. The number of rotatable bonds is 2. The lowest BCUT2D eigenvalue weighted by molar-refractivity contribution is 0.122. The fourth-order valence-electron chi connectivity index (χ4n) is 12.9. The third kappa shape index (κ3) is 2.59. The van der Waals surface area contributed by atoms with Crippen molar-refractivity contribution in [3.63, 3.8) is 0 Å². The molecule has 8 atom stereocenters. The van der Waals surface area contributed by atoms with Crippen LogP contribution in [0.15, 0.2) is 57.4 Å². The Labute approximate surface area is 246 Å². The Morgan fingerprint density at radius 2 is 1.26 bits per heavy atom. The minimum Gasteiger partial charge on any atom is -0.456 e. The van der Waals surface area contributed by atoms with Gasteiger partial charge in [0, 0.05) is 21.9 Å². The quantitative estimate of drug-likeness (QED) is 0.158. The summed E-state index contributed by atoms with van der Waals surface area (Å²) in [6.45, 7) is 0. The van der Waals surface area contributed by atoms with Gasteiger partial charge in [-0.3, -0.25) is 0 Å². The van der Waals surface area contributed by atoms with Gasteiger partial charge in [0.25, 0.3) is 0 Å². The summed E-state index contributed by atoms with van der Waals surface area (Å²) in [7, 11) is 0. The molecule has 2 heterocycles. The monoisotopic (exact) mass is 550 g/mol. The maximum atomic E-state index is 6.92. The maximum absolute atomic E-state index is 6.92. The lowest BCUT2D eigenvalue weighted by atomic mass is 9.58. The van der Waals surface area contributed by atoms with Gasteiger partial charge in [-0.1, -0.05) is 49.9 Å². The van der Waals surface area contributed by atoms with E-state index < -0.39 is 0 Å². The van der Waals surface area contributed by atoms with Gasteiger partial charge in [0.05, 0.1) is 0 Å². The molecule has 210 valence electrons. The van der Waals surface area contributed by atoms with Crippen LogP contribution in [0.4, 0.5) is 0 Å². The van der Waals surface area contributed by atoms with Crippen molar-refractivity contribution in [3.8, 4) is 11.1 Å². The largest absolute Gasteiger partial charge is 0.456 e. The van der Waals surface area contributed by atoms with Crippen molar-refractivity contribution < 1.29 is 8.83 Å². The van der Waals surface area contributed by atoms with Crippen LogP contribution in [-0.2, 0) is 10.8 Å². The van der Waals surface area contributed by atoms with E-state index in [1.807, 2.05) is 0 Å². The van der Waals surface area contributed by atoms with Crippen LogP contribution in [0, 0.1) is 35.5 Å². The normalized spacial score (nSPS) is 38.5. The zero-order chi connectivity index (χ0) is 26.9.